The van der Waals surface area contributed by atoms with Crippen molar-refractivity contribution in [2.45, 2.75) is 51.2 Å². The van der Waals surface area contributed by atoms with E-state index in [0.717, 1.165) is 48.5 Å². The minimum atomic E-state index is -0.329. The molecule has 6 heteroatoms. The maximum atomic E-state index is 6.09. The van der Waals surface area contributed by atoms with Crippen LogP contribution < -0.4 is 5.32 Å². The number of ether oxygens (including phenoxy) is 1. The SMILES string of the molecule is CCOC1(c2noc(C3CSCCN3)n2)CCC(C)CC1. The first-order valence-corrected chi connectivity index (χ1v) is 9.18. The largest absolute Gasteiger partial charge is 0.367 e. The molecule has 2 heterocycles. The van der Waals surface area contributed by atoms with Gasteiger partial charge in [-0.2, -0.15) is 16.7 Å². The highest BCUT2D eigenvalue weighted by atomic mass is 32.2. The highest BCUT2D eigenvalue weighted by molar-refractivity contribution is 7.99. The highest BCUT2D eigenvalue weighted by Gasteiger charge is 2.41. The van der Waals surface area contributed by atoms with Crippen molar-refractivity contribution in [1.82, 2.24) is 15.5 Å². The number of aromatic nitrogens is 2. The summed E-state index contributed by atoms with van der Waals surface area (Å²) in [5.41, 5.74) is -0.329. The van der Waals surface area contributed by atoms with Crippen LogP contribution in [0.3, 0.4) is 0 Å². The van der Waals surface area contributed by atoms with Crippen molar-refractivity contribution in [3.05, 3.63) is 11.7 Å². The second-order valence-electron chi connectivity index (χ2n) is 6.15. The first kappa shape index (κ1) is 15.3. The molecule has 1 aliphatic heterocycles. The van der Waals surface area contributed by atoms with Gasteiger partial charge < -0.3 is 14.6 Å². The third kappa shape index (κ3) is 3.27. The normalized spacial score (nSPS) is 34.0. The van der Waals surface area contributed by atoms with E-state index in [0.29, 0.717) is 6.61 Å². The highest BCUT2D eigenvalue weighted by Crippen LogP contribution is 2.41. The Balaban J connectivity index is 1.78. The van der Waals surface area contributed by atoms with Gasteiger partial charge in [-0.05, 0) is 38.5 Å². The van der Waals surface area contributed by atoms with Gasteiger partial charge in [-0.25, -0.2) is 0 Å². The molecule has 1 aliphatic carbocycles. The summed E-state index contributed by atoms with van der Waals surface area (Å²) >= 11 is 1.93. The summed E-state index contributed by atoms with van der Waals surface area (Å²) in [6.45, 7) is 6.04. The number of rotatable bonds is 4. The van der Waals surface area contributed by atoms with Gasteiger partial charge >= 0.3 is 0 Å². The van der Waals surface area contributed by atoms with Gasteiger partial charge in [0.15, 0.2) is 0 Å². The smallest absolute Gasteiger partial charge is 0.244 e. The molecule has 5 nitrogen and oxygen atoms in total. The van der Waals surface area contributed by atoms with Gasteiger partial charge in [0.2, 0.25) is 11.7 Å². The van der Waals surface area contributed by atoms with Crippen LogP contribution in [-0.4, -0.2) is 34.8 Å². The molecule has 2 aliphatic rings. The van der Waals surface area contributed by atoms with Crippen molar-refractivity contribution in [2.24, 2.45) is 5.92 Å². The molecule has 1 aromatic heterocycles. The van der Waals surface area contributed by atoms with E-state index in [9.17, 15) is 0 Å². The van der Waals surface area contributed by atoms with Crippen molar-refractivity contribution in [1.29, 1.82) is 0 Å². The van der Waals surface area contributed by atoms with Crippen molar-refractivity contribution >= 4 is 11.8 Å². The summed E-state index contributed by atoms with van der Waals surface area (Å²) in [6.07, 6.45) is 4.32. The molecule has 1 atom stereocenters. The number of hydrogen-bond acceptors (Lipinski definition) is 6. The second-order valence-corrected chi connectivity index (χ2v) is 7.30. The van der Waals surface area contributed by atoms with Crippen molar-refractivity contribution < 1.29 is 9.26 Å². The first-order chi connectivity index (χ1) is 10.2. The Kier molecular flexibility index (Phi) is 4.86. The molecule has 0 amide bonds. The predicted molar refractivity (Wildman–Crippen MR) is 83.3 cm³/mol. The minimum Gasteiger partial charge on any atom is -0.367 e. The van der Waals surface area contributed by atoms with Crippen LogP contribution in [0.4, 0.5) is 0 Å². The zero-order valence-corrected chi connectivity index (χ0v) is 13.7. The molecule has 1 N–H and O–H groups in total. The lowest BCUT2D eigenvalue weighted by Gasteiger charge is -2.36. The lowest BCUT2D eigenvalue weighted by atomic mass is 9.79. The molecule has 1 saturated carbocycles. The fourth-order valence-corrected chi connectivity index (χ4v) is 4.15. The van der Waals surface area contributed by atoms with Crippen LogP contribution in [0, 0.1) is 5.92 Å². The number of nitrogens with zero attached hydrogens (tertiary/aromatic N) is 2. The third-order valence-electron chi connectivity index (χ3n) is 4.57. The molecular formula is C15H25N3O2S. The maximum Gasteiger partial charge on any atom is 0.244 e. The van der Waals surface area contributed by atoms with Gasteiger partial charge in [0.05, 0.1) is 6.04 Å². The van der Waals surface area contributed by atoms with Gasteiger partial charge in [-0.15, -0.1) is 0 Å². The van der Waals surface area contributed by atoms with E-state index < -0.39 is 0 Å². The van der Waals surface area contributed by atoms with Crippen LogP contribution in [0.5, 0.6) is 0 Å². The zero-order valence-electron chi connectivity index (χ0n) is 12.9. The Bertz CT molecular complexity index is 452. The molecule has 0 aromatic carbocycles. The van der Waals surface area contributed by atoms with E-state index in [1.165, 1.54) is 12.8 Å². The topological polar surface area (TPSA) is 60.2 Å². The standard InChI is InChI=1S/C15H25N3O2S/c1-3-19-15(6-4-11(2)5-7-15)14-17-13(20-18-14)12-10-21-9-8-16-12/h11-12,16H,3-10H2,1-2H3. The second kappa shape index (κ2) is 6.67. The van der Waals surface area contributed by atoms with Gasteiger partial charge in [0, 0.05) is 24.7 Å². The van der Waals surface area contributed by atoms with Gasteiger partial charge in [0.25, 0.3) is 0 Å². The Morgan fingerprint density at radius 1 is 1.43 bits per heavy atom. The molecule has 1 aromatic rings. The Morgan fingerprint density at radius 3 is 2.90 bits per heavy atom. The van der Waals surface area contributed by atoms with Crippen molar-refractivity contribution in [3.8, 4) is 0 Å². The molecule has 0 spiro atoms. The van der Waals surface area contributed by atoms with Crippen LogP contribution >= 0.6 is 11.8 Å². The van der Waals surface area contributed by atoms with Crippen LogP contribution in [0.1, 0.15) is 57.3 Å². The fraction of sp³-hybridized carbons (Fsp3) is 0.867. The molecule has 118 valence electrons. The van der Waals surface area contributed by atoms with Crippen molar-refractivity contribution in [3.63, 3.8) is 0 Å². The van der Waals surface area contributed by atoms with Crippen LogP contribution in [0.2, 0.25) is 0 Å². The summed E-state index contributed by atoms with van der Waals surface area (Å²) in [5.74, 6) is 4.39. The van der Waals surface area contributed by atoms with E-state index in [2.05, 4.69) is 17.4 Å². The Labute approximate surface area is 130 Å². The summed E-state index contributed by atoms with van der Waals surface area (Å²) in [4.78, 5) is 4.69. The van der Waals surface area contributed by atoms with E-state index in [1.807, 2.05) is 18.7 Å². The summed E-state index contributed by atoms with van der Waals surface area (Å²) in [5, 5.41) is 7.72. The number of thioether (sulfide) groups is 1. The average Bonchev–Trinajstić information content (AvgIpc) is 3.01. The van der Waals surface area contributed by atoms with Gasteiger partial charge in [-0.3, -0.25) is 0 Å². The van der Waals surface area contributed by atoms with E-state index in [1.54, 1.807) is 0 Å². The molecule has 1 unspecified atom stereocenters. The summed E-state index contributed by atoms with van der Waals surface area (Å²) < 4.78 is 11.6. The van der Waals surface area contributed by atoms with Gasteiger partial charge in [-0.1, -0.05) is 12.1 Å². The quantitative estimate of drug-likeness (QED) is 0.922. The molecule has 0 bridgehead atoms. The predicted octanol–water partition coefficient (Wildman–Crippen LogP) is 2.89. The minimum absolute atomic E-state index is 0.186. The summed E-state index contributed by atoms with van der Waals surface area (Å²) in [7, 11) is 0. The monoisotopic (exact) mass is 311 g/mol. The number of nitrogens with one attached hydrogen (secondary N) is 1. The van der Waals surface area contributed by atoms with Crippen LogP contribution in [0.25, 0.3) is 0 Å². The maximum absolute atomic E-state index is 6.09. The van der Waals surface area contributed by atoms with E-state index in [4.69, 9.17) is 14.2 Å². The summed E-state index contributed by atoms with van der Waals surface area (Å²) in [6, 6.07) is 0.186. The first-order valence-electron chi connectivity index (χ1n) is 8.02. The Hall–Kier alpha value is -0.590. The Morgan fingerprint density at radius 2 is 2.24 bits per heavy atom. The van der Waals surface area contributed by atoms with Crippen LogP contribution in [0.15, 0.2) is 4.52 Å². The van der Waals surface area contributed by atoms with Gasteiger partial charge in [0.1, 0.15) is 5.60 Å². The fourth-order valence-electron chi connectivity index (χ4n) is 3.22. The molecular weight excluding hydrogens is 286 g/mol. The molecule has 21 heavy (non-hydrogen) atoms. The van der Waals surface area contributed by atoms with Crippen LogP contribution in [-0.2, 0) is 10.3 Å². The van der Waals surface area contributed by atoms with E-state index >= 15 is 0 Å². The lowest BCUT2D eigenvalue weighted by Crippen LogP contribution is -2.36. The average molecular weight is 311 g/mol. The molecule has 1 saturated heterocycles. The molecule has 3 rings (SSSR count). The molecule has 0 radical (unpaired) electrons. The van der Waals surface area contributed by atoms with E-state index in [-0.39, 0.29) is 11.6 Å². The lowest BCUT2D eigenvalue weighted by molar-refractivity contribution is -0.0847. The third-order valence-corrected chi connectivity index (χ3v) is 5.63. The molecule has 2 fully saturated rings. The van der Waals surface area contributed by atoms with Crippen molar-refractivity contribution in [2.75, 3.05) is 24.7 Å². The zero-order chi connectivity index (χ0) is 14.7. The number of hydrogen-bond donors (Lipinski definition) is 1.